The molecule has 0 atom stereocenters. The van der Waals surface area contributed by atoms with Gasteiger partial charge in [-0.15, -0.1) is 11.3 Å². The zero-order valence-corrected chi connectivity index (χ0v) is 17.5. The number of aryl methyl sites for hydroxylation is 4. The third-order valence-electron chi connectivity index (χ3n) is 4.89. The Morgan fingerprint density at radius 1 is 1.00 bits per heavy atom. The summed E-state index contributed by atoms with van der Waals surface area (Å²) in [6, 6.07) is 14.1. The molecule has 0 aliphatic rings. The minimum Gasteiger partial charge on any atom is -0.316 e. The number of carbonyl (C=O) groups excluding carboxylic acids is 1. The lowest BCUT2D eigenvalue weighted by Gasteiger charge is -2.10. The van der Waals surface area contributed by atoms with Crippen LogP contribution in [0.5, 0.6) is 0 Å². The third-order valence-corrected chi connectivity index (χ3v) is 6.12. The SMILES string of the molecule is CCc1sc(=NC(=O)c2ccc(C)cc2)n(CC)c1-c1ccc(C)c(C)c1. The molecule has 0 N–H and O–H groups in total. The Hall–Kier alpha value is -2.46. The van der Waals surface area contributed by atoms with E-state index in [1.807, 2.05) is 31.2 Å². The number of rotatable bonds is 4. The second-order valence-corrected chi connectivity index (χ2v) is 7.90. The van der Waals surface area contributed by atoms with Crippen molar-refractivity contribution in [3.63, 3.8) is 0 Å². The van der Waals surface area contributed by atoms with E-state index in [0.717, 1.165) is 23.3 Å². The van der Waals surface area contributed by atoms with E-state index in [1.165, 1.54) is 27.3 Å². The van der Waals surface area contributed by atoms with Crippen LogP contribution in [0, 0.1) is 20.8 Å². The van der Waals surface area contributed by atoms with Gasteiger partial charge in [0.1, 0.15) is 0 Å². The highest BCUT2D eigenvalue weighted by atomic mass is 32.1. The Morgan fingerprint density at radius 3 is 2.30 bits per heavy atom. The molecule has 3 nitrogen and oxygen atoms in total. The van der Waals surface area contributed by atoms with Gasteiger partial charge in [-0.25, -0.2) is 0 Å². The normalized spacial score (nSPS) is 11.8. The summed E-state index contributed by atoms with van der Waals surface area (Å²) in [7, 11) is 0. The standard InChI is InChI=1S/C23H26N2OS/c1-6-20-21(19-13-10-16(4)17(5)14-19)25(7-2)23(27-20)24-22(26)18-11-8-15(3)9-12-18/h8-14H,6-7H2,1-5H3. The van der Waals surface area contributed by atoms with E-state index in [1.54, 1.807) is 11.3 Å². The largest absolute Gasteiger partial charge is 0.316 e. The van der Waals surface area contributed by atoms with Crippen molar-refractivity contribution >= 4 is 17.2 Å². The van der Waals surface area contributed by atoms with E-state index in [-0.39, 0.29) is 5.91 Å². The van der Waals surface area contributed by atoms with E-state index in [2.05, 4.69) is 55.5 Å². The minimum absolute atomic E-state index is 0.187. The molecule has 0 saturated carbocycles. The fourth-order valence-electron chi connectivity index (χ4n) is 3.13. The van der Waals surface area contributed by atoms with E-state index in [9.17, 15) is 4.79 Å². The molecule has 4 heteroatoms. The van der Waals surface area contributed by atoms with Crippen LogP contribution < -0.4 is 4.80 Å². The predicted molar refractivity (Wildman–Crippen MR) is 113 cm³/mol. The molecule has 0 saturated heterocycles. The Bertz CT molecular complexity index is 1040. The molecule has 0 fully saturated rings. The van der Waals surface area contributed by atoms with Gasteiger partial charge < -0.3 is 4.57 Å². The quantitative estimate of drug-likeness (QED) is 0.593. The molecule has 140 valence electrons. The van der Waals surface area contributed by atoms with Crippen molar-refractivity contribution in [3.8, 4) is 11.3 Å². The second kappa shape index (κ2) is 8.05. The van der Waals surface area contributed by atoms with Crippen LogP contribution in [0.2, 0.25) is 0 Å². The lowest BCUT2D eigenvalue weighted by Crippen LogP contribution is -2.17. The van der Waals surface area contributed by atoms with Gasteiger partial charge in [-0.3, -0.25) is 4.79 Å². The van der Waals surface area contributed by atoms with Gasteiger partial charge >= 0.3 is 0 Å². The Morgan fingerprint density at radius 2 is 1.70 bits per heavy atom. The van der Waals surface area contributed by atoms with Gasteiger partial charge in [-0.2, -0.15) is 4.99 Å². The van der Waals surface area contributed by atoms with Gasteiger partial charge in [-0.05, 0) is 69.0 Å². The van der Waals surface area contributed by atoms with Crippen molar-refractivity contribution in [1.82, 2.24) is 4.57 Å². The summed E-state index contributed by atoms with van der Waals surface area (Å²) in [5.41, 5.74) is 6.70. The Labute approximate surface area is 165 Å². The molecule has 27 heavy (non-hydrogen) atoms. The van der Waals surface area contributed by atoms with Crippen molar-refractivity contribution < 1.29 is 4.79 Å². The van der Waals surface area contributed by atoms with Crippen LogP contribution in [0.15, 0.2) is 47.5 Å². The van der Waals surface area contributed by atoms with Crippen LogP contribution in [0.25, 0.3) is 11.3 Å². The summed E-state index contributed by atoms with van der Waals surface area (Å²) in [4.78, 5) is 19.2. The molecular weight excluding hydrogens is 352 g/mol. The molecule has 1 heterocycles. The van der Waals surface area contributed by atoms with Gasteiger partial charge in [0.25, 0.3) is 5.91 Å². The maximum Gasteiger partial charge on any atom is 0.279 e. The number of thiazole rings is 1. The molecule has 0 aliphatic carbocycles. The zero-order chi connectivity index (χ0) is 19.6. The van der Waals surface area contributed by atoms with Gasteiger partial charge in [0.2, 0.25) is 0 Å². The van der Waals surface area contributed by atoms with Gasteiger partial charge in [-0.1, -0.05) is 36.8 Å². The predicted octanol–water partition coefficient (Wildman–Crippen LogP) is 5.47. The summed E-state index contributed by atoms with van der Waals surface area (Å²) < 4.78 is 2.17. The monoisotopic (exact) mass is 378 g/mol. The van der Waals surface area contributed by atoms with Crippen molar-refractivity contribution in [2.24, 2.45) is 4.99 Å². The molecule has 0 spiro atoms. The number of aromatic nitrogens is 1. The molecule has 1 amide bonds. The first-order chi connectivity index (χ1) is 12.9. The van der Waals surface area contributed by atoms with Crippen molar-refractivity contribution in [3.05, 3.63) is 74.4 Å². The third kappa shape index (κ3) is 3.96. The Balaban J connectivity index is 2.14. The highest BCUT2D eigenvalue weighted by Crippen LogP contribution is 2.28. The average Bonchev–Trinajstić information content (AvgIpc) is 3.01. The smallest absolute Gasteiger partial charge is 0.279 e. The number of nitrogens with zero attached hydrogens (tertiary/aromatic N) is 2. The summed E-state index contributed by atoms with van der Waals surface area (Å²) in [5, 5.41) is 0. The van der Waals surface area contributed by atoms with Crippen molar-refractivity contribution in [2.75, 3.05) is 0 Å². The molecule has 1 aromatic heterocycles. The molecule has 3 aromatic rings. The number of carbonyl (C=O) groups is 1. The summed E-state index contributed by atoms with van der Waals surface area (Å²) >= 11 is 1.62. The fraction of sp³-hybridized carbons (Fsp3) is 0.304. The number of hydrogen-bond acceptors (Lipinski definition) is 2. The maximum atomic E-state index is 12.7. The van der Waals surface area contributed by atoms with Gasteiger partial charge in [0.15, 0.2) is 4.80 Å². The molecule has 0 bridgehead atoms. The molecular formula is C23H26N2OS. The van der Waals surface area contributed by atoms with Crippen LogP contribution in [0.3, 0.4) is 0 Å². The first kappa shape index (κ1) is 19.3. The first-order valence-corrected chi connectivity index (χ1v) is 10.2. The zero-order valence-electron chi connectivity index (χ0n) is 16.7. The number of amides is 1. The van der Waals surface area contributed by atoms with E-state index < -0.39 is 0 Å². The highest BCUT2D eigenvalue weighted by molar-refractivity contribution is 7.09. The van der Waals surface area contributed by atoms with Crippen LogP contribution in [0.4, 0.5) is 0 Å². The number of benzene rings is 2. The summed E-state index contributed by atoms with van der Waals surface area (Å²) in [6.45, 7) is 11.3. The summed E-state index contributed by atoms with van der Waals surface area (Å²) in [5.74, 6) is -0.187. The fourth-order valence-corrected chi connectivity index (χ4v) is 4.28. The molecule has 3 rings (SSSR count). The van der Waals surface area contributed by atoms with Gasteiger partial charge in [0, 0.05) is 17.0 Å². The lowest BCUT2D eigenvalue weighted by molar-refractivity contribution is 0.0998. The van der Waals surface area contributed by atoms with E-state index in [0.29, 0.717) is 5.56 Å². The average molecular weight is 379 g/mol. The van der Waals surface area contributed by atoms with Crippen molar-refractivity contribution in [1.29, 1.82) is 0 Å². The van der Waals surface area contributed by atoms with Gasteiger partial charge in [0.05, 0.1) is 5.69 Å². The van der Waals surface area contributed by atoms with Crippen molar-refractivity contribution in [2.45, 2.75) is 47.6 Å². The first-order valence-electron chi connectivity index (χ1n) is 9.40. The molecule has 2 aromatic carbocycles. The molecule has 0 unspecified atom stereocenters. The van der Waals surface area contributed by atoms with Crippen LogP contribution in [-0.2, 0) is 13.0 Å². The second-order valence-electron chi connectivity index (χ2n) is 6.84. The summed E-state index contributed by atoms with van der Waals surface area (Å²) in [6.07, 6.45) is 0.918. The molecule has 0 aliphatic heterocycles. The molecule has 0 radical (unpaired) electrons. The lowest BCUT2D eigenvalue weighted by atomic mass is 10.0. The highest BCUT2D eigenvalue weighted by Gasteiger charge is 2.15. The van der Waals surface area contributed by atoms with Crippen LogP contribution in [-0.4, -0.2) is 10.5 Å². The van der Waals surface area contributed by atoms with E-state index in [4.69, 9.17) is 0 Å². The van der Waals surface area contributed by atoms with Crippen LogP contribution >= 0.6 is 11.3 Å². The topological polar surface area (TPSA) is 34.4 Å². The Kier molecular flexibility index (Phi) is 5.76. The maximum absolute atomic E-state index is 12.7. The van der Waals surface area contributed by atoms with Crippen LogP contribution in [0.1, 0.15) is 45.8 Å². The number of hydrogen-bond donors (Lipinski definition) is 0. The van der Waals surface area contributed by atoms with E-state index >= 15 is 0 Å². The minimum atomic E-state index is -0.187.